The van der Waals surface area contributed by atoms with Gasteiger partial charge < -0.3 is 24.9 Å². The number of carboxylic acids is 2. The van der Waals surface area contributed by atoms with Crippen LogP contribution in [0.4, 0.5) is 26.3 Å². The molecule has 3 fully saturated rings. The summed E-state index contributed by atoms with van der Waals surface area (Å²) in [6.07, 6.45) is -6.08. The summed E-state index contributed by atoms with van der Waals surface area (Å²) < 4.78 is 63.5. The summed E-state index contributed by atoms with van der Waals surface area (Å²) in [5, 5.41) is 14.2. The fourth-order valence-electron chi connectivity index (χ4n) is 3.92. The lowest BCUT2D eigenvalue weighted by molar-refractivity contribution is -0.193. The number of hydrogen-bond donors (Lipinski definition) is 2. The van der Waals surface area contributed by atoms with Gasteiger partial charge in [-0.3, -0.25) is 14.5 Å². The van der Waals surface area contributed by atoms with Crippen molar-refractivity contribution in [2.75, 3.05) is 60.4 Å². The van der Waals surface area contributed by atoms with E-state index in [1.807, 2.05) is 23.9 Å². The van der Waals surface area contributed by atoms with Crippen molar-refractivity contribution < 1.29 is 55.7 Å². The van der Waals surface area contributed by atoms with Gasteiger partial charge in [0.15, 0.2) is 0 Å². The van der Waals surface area contributed by atoms with Crippen molar-refractivity contribution >= 4 is 23.8 Å². The summed E-state index contributed by atoms with van der Waals surface area (Å²) in [5.74, 6) is -4.30. The highest BCUT2D eigenvalue weighted by Gasteiger charge is 2.50. The van der Waals surface area contributed by atoms with Crippen molar-refractivity contribution in [1.29, 1.82) is 0 Å². The van der Waals surface area contributed by atoms with Crippen molar-refractivity contribution in [2.45, 2.75) is 43.6 Å². The Balaban J connectivity index is 0.000000404. The fraction of sp³-hybridized carbons (Fsp3) is 0.810. The van der Waals surface area contributed by atoms with Crippen LogP contribution in [0.2, 0.25) is 0 Å². The number of halogens is 6. The van der Waals surface area contributed by atoms with Gasteiger partial charge in [0.25, 0.3) is 0 Å². The topological polar surface area (TPSA) is 122 Å². The number of amides is 2. The van der Waals surface area contributed by atoms with Gasteiger partial charge in [-0.05, 0) is 52.7 Å². The number of alkyl halides is 6. The first kappa shape index (κ1) is 32.4. The summed E-state index contributed by atoms with van der Waals surface area (Å²) in [4.78, 5) is 51.3. The lowest BCUT2D eigenvalue weighted by Crippen LogP contribution is -2.68. The highest BCUT2D eigenvalue weighted by molar-refractivity contribution is 5.88. The van der Waals surface area contributed by atoms with Crippen LogP contribution in [0.5, 0.6) is 0 Å². The second kappa shape index (κ2) is 12.8. The molecule has 2 N–H and O–H groups in total. The number of piperidine rings is 1. The molecule has 0 aromatic heterocycles. The van der Waals surface area contributed by atoms with E-state index in [2.05, 4.69) is 16.8 Å². The number of carbonyl (C=O) groups is 4. The van der Waals surface area contributed by atoms with Gasteiger partial charge in [-0.2, -0.15) is 26.3 Å². The maximum absolute atomic E-state index is 13.1. The number of piperazine rings is 1. The average Bonchev–Trinajstić information content (AvgIpc) is 3.58. The maximum Gasteiger partial charge on any atom is 0.490 e. The van der Waals surface area contributed by atoms with E-state index in [1.165, 1.54) is 12.8 Å². The van der Waals surface area contributed by atoms with Crippen LogP contribution >= 0.6 is 0 Å². The zero-order valence-corrected chi connectivity index (χ0v) is 20.7. The van der Waals surface area contributed by atoms with Gasteiger partial charge in [-0.25, -0.2) is 9.59 Å². The maximum atomic E-state index is 13.1. The first-order valence-electron chi connectivity index (χ1n) is 11.3. The molecule has 2 heterocycles. The van der Waals surface area contributed by atoms with Gasteiger partial charge in [0.05, 0.1) is 6.54 Å². The third kappa shape index (κ3) is 9.98. The number of likely N-dealkylation sites (N-methyl/N-ethyl adjacent to an activating group) is 2. The van der Waals surface area contributed by atoms with Crippen LogP contribution in [0.25, 0.3) is 0 Å². The smallest absolute Gasteiger partial charge is 0.475 e. The molecule has 2 amide bonds. The zero-order chi connectivity index (χ0) is 28.8. The molecule has 214 valence electrons. The lowest BCUT2D eigenvalue weighted by atomic mass is 9.82. The molecule has 1 saturated carbocycles. The van der Waals surface area contributed by atoms with Crippen LogP contribution in [0, 0.1) is 5.92 Å². The summed E-state index contributed by atoms with van der Waals surface area (Å²) in [6.45, 7) is 4.59. The number of hydrogen-bond acceptors (Lipinski definition) is 6. The third-order valence-corrected chi connectivity index (χ3v) is 6.18. The second-order valence-electron chi connectivity index (χ2n) is 9.37. The summed E-state index contributed by atoms with van der Waals surface area (Å²) in [7, 11) is 5.90. The van der Waals surface area contributed by atoms with Crippen LogP contribution in [0.1, 0.15) is 25.7 Å². The van der Waals surface area contributed by atoms with Crippen LogP contribution < -0.4 is 0 Å². The lowest BCUT2D eigenvalue weighted by Gasteiger charge is -2.51. The minimum absolute atomic E-state index is 0.172. The second-order valence-corrected chi connectivity index (χ2v) is 9.37. The first-order chi connectivity index (χ1) is 16.8. The third-order valence-electron chi connectivity index (χ3n) is 6.18. The van der Waals surface area contributed by atoms with Crippen molar-refractivity contribution in [3.8, 4) is 0 Å². The largest absolute Gasteiger partial charge is 0.490 e. The van der Waals surface area contributed by atoms with E-state index in [9.17, 15) is 35.9 Å². The fourth-order valence-corrected chi connectivity index (χ4v) is 3.92. The molecule has 0 aromatic carbocycles. The summed E-state index contributed by atoms with van der Waals surface area (Å²) in [6, 6.07) is 0. The molecule has 1 spiro atoms. The van der Waals surface area contributed by atoms with E-state index < -0.39 is 24.3 Å². The van der Waals surface area contributed by atoms with Gasteiger partial charge in [-0.1, -0.05) is 0 Å². The first-order valence-corrected chi connectivity index (χ1v) is 11.3. The molecular weight excluding hydrogens is 518 g/mol. The minimum Gasteiger partial charge on any atom is -0.475 e. The Morgan fingerprint density at radius 3 is 1.70 bits per heavy atom. The number of nitrogens with zero attached hydrogens (tertiary/aromatic N) is 4. The van der Waals surface area contributed by atoms with Crippen LogP contribution in [0.3, 0.4) is 0 Å². The molecule has 3 rings (SSSR count). The van der Waals surface area contributed by atoms with Crippen molar-refractivity contribution in [3.05, 3.63) is 0 Å². The Morgan fingerprint density at radius 2 is 1.35 bits per heavy atom. The molecule has 0 radical (unpaired) electrons. The van der Waals surface area contributed by atoms with Gasteiger partial charge >= 0.3 is 24.3 Å². The molecule has 2 saturated heterocycles. The van der Waals surface area contributed by atoms with Gasteiger partial charge in [0, 0.05) is 32.7 Å². The van der Waals surface area contributed by atoms with E-state index in [4.69, 9.17) is 19.8 Å². The van der Waals surface area contributed by atoms with E-state index in [0.717, 1.165) is 38.4 Å². The SMILES string of the molecule is CN(C)CC(=O)N1CCC2(CC1)C(=O)N(CC1CC1)CCN2C.O=C(O)C(F)(F)F.O=C(O)C(F)(F)F. The van der Waals surface area contributed by atoms with Crippen molar-refractivity contribution in [3.63, 3.8) is 0 Å². The molecule has 3 aliphatic rings. The molecule has 0 aromatic rings. The van der Waals surface area contributed by atoms with Crippen LogP contribution in [0.15, 0.2) is 0 Å². The molecule has 2 aliphatic heterocycles. The van der Waals surface area contributed by atoms with E-state index in [-0.39, 0.29) is 11.4 Å². The number of aliphatic carboxylic acids is 2. The Morgan fingerprint density at radius 1 is 0.919 bits per heavy atom. The monoisotopic (exact) mass is 550 g/mol. The Kier molecular flexibility index (Phi) is 11.2. The molecular formula is C21H32F6N4O6. The Labute approximate surface area is 209 Å². The predicted molar refractivity (Wildman–Crippen MR) is 116 cm³/mol. The Hall–Kier alpha value is -2.62. The van der Waals surface area contributed by atoms with E-state index >= 15 is 0 Å². The highest BCUT2D eigenvalue weighted by Crippen LogP contribution is 2.36. The van der Waals surface area contributed by atoms with E-state index in [1.54, 1.807) is 0 Å². The van der Waals surface area contributed by atoms with Crippen LogP contribution in [-0.2, 0) is 19.2 Å². The van der Waals surface area contributed by atoms with Crippen molar-refractivity contribution in [2.24, 2.45) is 5.92 Å². The minimum atomic E-state index is -5.08. The number of likely N-dealkylation sites (tertiary alicyclic amines) is 1. The molecule has 1 aliphatic carbocycles. The van der Waals surface area contributed by atoms with E-state index in [0.29, 0.717) is 25.5 Å². The molecule has 0 atom stereocenters. The summed E-state index contributed by atoms with van der Waals surface area (Å²) >= 11 is 0. The predicted octanol–water partition coefficient (Wildman–Crippen LogP) is 1.36. The average molecular weight is 550 g/mol. The standard InChI is InChI=1S/C17H30N4O2.2C2HF3O2/c1-18(2)13-15(22)20-8-6-17(7-9-20)16(23)21(11-10-19(17)3)12-14-4-5-14;2*3-2(4,5)1(6)7/h14H,4-13H2,1-3H3;2*(H,6,7). The normalized spacial score (nSPS) is 20.1. The van der Waals surface area contributed by atoms with Crippen molar-refractivity contribution in [1.82, 2.24) is 19.6 Å². The number of carboxylic acid groups (broad SMARTS) is 2. The molecule has 16 heteroatoms. The van der Waals surface area contributed by atoms with Gasteiger partial charge in [-0.15, -0.1) is 0 Å². The quantitative estimate of drug-likeness (QED) is 0.504. The highest BCUT2D eigenvalue weighted by atomic mass is 19.4. The zero-order valence-electron chi connectivity index (χ0n) is 20.7. The van der Waals surface area contributed by atoms with Gasteiger partial charge in [0.2, 0.25) is 11.8 Å². The summed E-state index contributed by atoms with van der Waals surface area (Å²) in [5.41, 5.74) is -0.373. The number of carbonyl (C=O) groups excluding carboxylic acids is 2. The molecule has 10 nitrogen and oxygen atoms in total. The molecule has 0 bridgehead atoms. The van der Waals surface area contributed by atoms with Gasteiger partial charge in [0.1, 0.15) is 5.54 Å². The molecule has 0 unspecified atom stereocenters. The Bertz CT molecular complexity index is 799. The molecule has 37 heavy (non-hydrogen) atoms. The number of rotatable bonds is 4. The van der Waals surface area contributed by atoms with Crippen LogP contribution in [-0.4, -0.2) is 132 Å².